The lowest BCUT2D eigenvalue weighted by Crippen LogP contribution is -2.33. The van der Waals surface area contributed by atoms with Gasteiger partial charge in [-0.05, 0) is 58.1 Å². The molecule has 0 fully saturated rings. The number of aliphatic carboxylic acids is 1. The van der Waals surface area contributed by atoms with Crippen molar-refractivity contribution in [3.05, 3.63) is 81.3 Å². The van der Waals surface area contributed by atoms with Crippen LogP contribution in [0.3, 0.4) is 0 Å². The van der Waals surface area contributed by atoms with Crippen molar-refractivity contribution in [2.75, 3.05) is 0 Å². The van der Waals surface area contributed by atoms with E-state index in [0.717, 1.165) is 16.3 Å². The van der Waals surface area contributed by atoms with Crippen molar-refractivity contribution in [3.8, 4) is 5.75 Å². The summed E-state index contributed by atoms with van der Waals surface area (Å²) in [7, 11) is 0. The third-order valence-corrected chi connectivity index (χ3v) is 7.62. The van der Waals surface area contributed by atoms with Gasteiger partial charge in [-0.15, -0.1) is 11.3 Å². The van der Waals surface area contributed by atoms with E-state index in [9.17, 15) is 9.90 Å². The van der Waals surface area contributed by atoms with Crippen LogP contribution in [0.2, 0.25) is 0 Å². The van der Waals surface area contributed by atoms with Crippen LogP contribution in [0.4, 0.5) is 0 Å². The van der Waals surface area contributed by atoms with Crippen molar-refractivity contribution in [3.63, 3.8) is 0 Å². The number of nitrogens with zero attached hydrogens (tertiary/aromatic N) is 1. The second-order valence-corrected chi connectivity index (χ2v) is 11.0. The van der Waals surface area contributed by atoms with Gasteiger partial charge in [-0.3, -0.25) is 4.79 Å². The Morgan fingerprint density at radius 2 is 1.75 bits per heavy atom. The number of carbonyl (C=O) groups is 1. The van der Waals surface area contributed by atoms with Gasteiger partial charge in [0.25, 0.3) is 0 Å². The van der Waals surface area contributed by atoms with E-state index in [2.05, 4.69) is 50.9 Å². The molecule has 0 saturated carbocycles. The summed E-state index contributed by atoms with van der Waals surface area (Å²) in [5.74, 6) is -0.295. The van der Waals surface area contributed by atoms with Crippen molar-refractivity contribution in [1.29, 1.82) is 0 Å². The summed E-state index contributed by atoms with van der Waals surface area (Å²) in [6.45, 7) is 9.85. The average Bonchev–Trinajstić information content (AvgIpc) is 3.29. The zero-order valence-corrected chi connectivity index (χ0v) is 20.0. The summed E-state index contributed by atoms with van der Waals surface area (Å²) in [6, 6.07) is 14.5. The Morgan fingerprint density at radius 1 is 1.06 bits per heavy atom. The molecule has 0 bridgehead atoms. The molecule has 2 aromatic carbocycles. The maximum absolute atomic E-state index is 11.3. The molecule has 5 heteroatoms. The van der Waals surface area contributed by atoms with Crippen molar-refractivity contribution < 1.29 is 14.6 Å². The molecule has 1 heterocycles. The third kappa shape index (κ3) is 4.73. The van der Waals surface area contributed by atoms with Crippen molar-refractivity contribution in [1.82, 2.24) is 4.98 Å². The minimum atomic E-state index is -0.830. The summed E-state index contributed by atoms with van der Waals surface area (Å²) in [5, 5.41) is 12.0. The minimum absolute atomic E-state index is 0.0228. The quantitative estimate of drug-likeness (QED) is 0.437. The molecule has 1 atom stereocenters. The monoisotopic (exact) mass is 449 g/mol. The molecule has 0 saturated heterocycles. The number of fused-ring (bicyclic) bond motifs is 1. The van der Waals surface area contributed by atoms with E-state index in [4.69, 9.17) is 4.74 Å². The van der Waals surface area contributed by atoms with Crippen LogP contribution >= 0.6 is 11.3 Å². The summed E-state index contributed by atoms with van der Waals surface area (Å²) in [6.07, 6.45) is 4.14. The normalized spacial score (nSPS) is 17.4. The molecule has 3 aromatic rings. The first-order valence-corrected chi connectivity index (χ1v) is 12.0. The summed E-state index contributed by atoms with van der Waals surface area (Å²) in [5.41, 5.74) is 5.39. The first-order valence-electron chi connectivity index (χ1n) is 11.1. The molecule has 1 aromatic heterocycles. The van der Waals surface area contributed by atoms with Crippen molar-refractivity contribution in [2.24, 2.45) is 0 Å². The van der Waals surface area contributed by atoms with Crippen LogP contribution in [0.5, 0.6) is 5.75 Å². The summed E-state index contributed by atoms with van der Waals surface area (Å²) < 4.78 is 6.08. The maximum Gasteiger partial charge on any atom is 0.304 e. The highest BCUT2D eigenvalue weighted by Gasteiger charge is 2.36. The van der Waals surface area contributed by atoms with Crippen LogP contribution in [0.1, 0.15) is 80.1 Å². The van der Waals surface area contributed by atoms with Gasteiger partial charge in [0.15, 0.2) is 0 Å². The third-order valence-electron chi connectivity index (χ3n) is 6.73. The fraction of sp³-hybridized carbons (Fsp3) is 0.407. The first kappa shape index (κ1) is 22.5. The van der Waals surface area contributed by atoms with Crippen LogP contribution in [0.15, 0.2) is 54.0 Å². The van der Waals surface area contributed by atoms with Gasteiger partial charge in [0, 0.05) is 17.5 Å². The number of thiazole rings is 1. The highest BCUT2D eigenvalue weighted by Crippen LogP contribution is 2.46. The topological polar surface area (TPSA) is 59.4 Å². The van der Waals surface area contributed by atoms with E-state index in [1.54, 1.807) is 6.20 Å². The molecular weight excluding hydrogens is 418 g/mol. The Bertz CT molecular complexity index is 1080. The number of carboxylic acid groups (broad SMARTS) is 1. The number of rotatable bonds is 7. The predicted molar refractivity (Wildman–Crippen MR) is 129 cm³/mol. The van der Waals surface area contributed by atoms with E-state index in [1.165, 1.54) is 40.9 Å². The predicted octanol–water partition coefficient (Wildman–Crippen LogP) is 6.68. The van der Waals surface area contributed by atoms with Crippen LogP contribution in [-0.2, 0) is 22.2 Å². The lowest BCUT2D eigenvalue weighted by atomic mass is 9.63. The molecule has 0 amide bonds. The SMILES string of the molecule is CC1(C)CCC(C)(C)c2cc(COc3ccc([C@H](CC(=O)O)c4nccs4)cc3)ccc21. The molecule has 1 aliphatic carbocycles. The smallest absolute Gasteiger partial charge is 0.304 e. The Morgan fingerprint density at radius 3 is 2.38 bits per heavy atom. The fourth-order valence-electron chi connectivity index (χ4n) is 4.62. The number of benzene rings is 2. The largest absolute Gasteiger partial charge is 0.489 e. The van der Waals surface area contributed by atoms with Crippen LogP contribution < -0.4 is 4.74 Å². The number of hydrogen-bond donors (Lipinski definition) is 1. The Balaban J connectivity index is 1.49. The van der Waals surface area contributed by atoms with Gasteiger partial charge in [-0.2, -0.15) is 0 Å². The second kappa shape index (κ2) is 8.70. The molecule has 0 radical (unpaired) electrons. The molecule has 0 aliphatic heterocycles. The van der Waals surface area contributed by atoms with Gasteiger partial charge in [-0.25, -0.2) is 4.98 Å². The standard InChI is InChI=1S/C27H31NO3S/c1-26(2)11-12-27(3,4)23-15-18(5-10-22(23)26)17-31-20-8-6-19(7-9-20)21(16-24(29)30)25-28-13-14-32-25/h5-10,13-15,21H,11-12,16-17H2,1-4H3,(H,29,30)/t21-/m0/s1. The molecular formula is C27H31NO3S. The number of carboxylic acids is 1. The number of aromatic nitrogens is 1. The van der Waals surface area contributed by atoms with Gasteiger partial charge in [0.1, 0.15) is 17.4 Å². The van der Waals surface area contributed by atoms with E-state index in [0.29, 0.717) is 6.61 Å². The Labute approximate surface area is 194 Å². The van der Waals surface area contributed by atoms with Crippen LogP contribution in [0.25, 0.3) is 0 Å². The minimum Gasteiger partial charge on any atom is -0.489 e. The maximum atomic E-state index is 11.3. The van der Waals surface area contributed by atoms with Crippen molar-refractivity contribution >= 4 is 17.3 Å². The lowest BCUT2D eigenvalue weighted by Gasteiger charge is -2.42. The van der Waals surface area contributed by atoms with Gasteiger partial charge in [0.2, 0.25) is 0 Å². The second-order valence-electron chi connectivity index (χ2n) is 10.0. The van der Waals surface area contributed by atoms with Gasteiger partial charge in [-0.1, -0.05) is 58.0 Å². The number of hydrogen-bond acceptors (Lipinski definition) is 4. The highest BCUT2D eigenvalue weighted by molar-refractivity contribution is 7.09. The molecule has 1 aliphatic rings. The van der Waals surface area contributed by atoms with Crippen molar-refractivity contribution in [2.45, 2.75) is 70.3 Å². The Kier molecular flexibility index (Phi) is 6.13. The van der Waals surface area contributed by atoms with Gasteiger partial charge < -0.3 is 9.84 Å². The number of ether oxygens (including phenoxy) is 1. The first-order chi connectivity index (χ1) is 15.2. The van der Waals surface area contributed by atoms with Crippen LogP contribution in [0, 0.1) is 0 Å². The van der Waals surface area contributed by atoms with E-state index in [1.807, 2.05) is 29.6 Å². The van der Waals surface area contributed by atoms with Gasteiger partial charge in [0.05, 0.1) is 6.42 Å². The molecule has 32 heavy (non-hydrogen) atoms. The lowest BCUT2D eigenvalue weighted by molar-refractivity contribution is -0.137. The molecule has 0 spiro atoms. The summed E-state index contributed by atoms with van der Waals surface area (Å²) in [4.78, 5) is 15.7. The molecule has 4 rings (SSSR count). The summed E-state index contributed by atoms with van der Waals surface area (Å²) >= 11 is 1.48. The zero-order chi connectivity index (χ0) is 22.9. The van der Waals surface area contributed by atoms with E-state index < -0.39 is 5.97 Å². The molecule has 168 valence electrons. The van der Waals surface area contributed by atoms with E-state index in [-0.39, 0.29) is 23.2 Å². The Hall–Kier alpha value is -2.66. The van der Waals surface area contributed by atoms with Crippen LogP contribution in [-0.4, -0.2) is 16.1 Å². The fourth-order valence-corrected chi connectivity index (χ4v) is 5.38. The molecule has 1 N–H and O–H groups in total. The average molecular weight is 450 g/mol. The van der Waals surface area contributed by atoms with E-state index >= 15 is 0 Å². The zero-order valence-electron chi connectivity index (χ0n) is 19.2. The highest BCUT2D eigenvalue weighted by atomic mass is 32.1. The molecule has 4 nitrogen and oxygen atoms in total. The van der Waals surface area contributed by atoms with Gasteiger partial charge >= 0.3 is 5.97 Å². The molecule has 0 unspecified atom stereocenters.